The zero-order chi connectivity index (χ0) is 14.0. The molecule has 7 heteroatoms. The number of hydrogen-bond donors (Lipinski definition) is 1. The summed E-state index contributed by atoms with van der Waals surface area (Å²) in [7, 11) is 0. The van der Waals surface area contributed by atoms with E-state index in [1.165, 1.54) is 17.4 Å². The molecule has 1 aromatic heterocycles. The molecule has 0 bridgehead atoms. The summed E-state index contributed by atoms with van der Waals surface area (Å²) < 4.78 is 37.4. The number of benzene rings is 1. The average molecular weight is 307 g/mol. The van der Waals surface area contributed by atoms with Gasteiger partial charge in [0.25, 0.3) is 0 Å². The van der Waals surface area contributed by atoms with Crippen molar-refractivity contribution in [3.63, 3.8) is 0 Å². The maximum absolute atomic E-state index is 12.5. The number of thiazole rings is 1. The number of aryl methyl sites for hydroxylation is 1. The normalized spacial score (nSPS) is 11.6. The minimum atomic E-state index is -4.38. The van der Waals surface area contributed by atoms with E-state index in [9.17, 15) is 13.2 Å². The Bertz CT molecular complexity index is 581. The van der Waals surface area contributed by atoms with E-state index < -0.39 is 11.7 Å². The summed E-state index contributed by atoms with van der Waals surface area (Å²) in [5, 5.41) is 5.78. The van der Waals surface area contributed by atoms with Gasteiger partial charge in [0, 0.05) is 11.1 Å². The summed E-state index contributed by atoms with van der Waals surface area (Å²) >= 11 is 7.31. The summed E-state index contributed by atoms with van der Waals surface area (Å²) in [6.45, 7) is 2.31. The van der Waals surface area contributed by atoms with Crippen LogP contribution in [-0.4, -0.2) is 4.98 Å². The van der Waals surface area contributed by atoms with Gasteiger partial charge in [-0.3, -0.25) is 0 Å². The van der Waals surface area contributed by atoms with Crippen LogP contribution in [0, 0.1) is 6.92 Å². The van der Waals surface area contributed by atoms with Gasteiger partial charge in [-0.2, -0.15) is 13.2 Å². The molecule has 1 N–H and O–H groups in total. The predicted molar refractivity (Wildman–Crippen MR) is 70.6 cm³/mol. The second-order valence-corrected chi connectivity index (χ2v) is 5.28. The Morgan fingerprint density at radius 1 is 1.37 bits per heavy atom. The smallest absolute Gasteiger partial charge is 0.377 e. The Kier molecular flexibility index (Phi) is 4.01. The minimum absolute atomic E-state index is 0.0445. The molecule has 0 aliphatic heterocycles. The van der Waals surface area contributed by atoms with Crippen molar-refractivity contribution in [2.45, 2.75) is 19.6 Å². The van der Waals surface area contributed by atoms with Crippen molar-refractivity contribution < 1.29 is 13.2 Å². The van der Waals surface area contributed by atoms with E-state index in [1.54, 1.807) is 0 Å². The highest BCUT2D eigenvalue weighted by molar-refractivity contribution is 7.09. The zero-order valence-electron chi connectivity index (χ0n) is 9.88. The van der Waals surface area contributed by atoms with Gasteiger partial charge in [-0.25, -0.2) is 4.98 Å². The number of nitrogens with one attached hydrogen (secondary N) is 1. The fraction of sp³-hybridized carbons (Fsp3) is 0.250. The van der Waals surface area contributed by atoms with E-state index in [0.717, 1.165) is 22.8 Å². The van der Waals surface area contributed by atoms with Crippen molar-refractivity contribution in [2.75, 3.05) is 5.32 Å². The third kappa shape index (κ3) is 3.61. The first kappa shape index (κ1) is 14.1. The average Bonchev–Trinajstić information content (AvgIpc) is 2.72. The summed E-state index contributed by atoms with van der Waals surface area (Å²) in [6.07, 6.45) is -4.38. The van der Waals surface area contributed by atoms with Crippen LogP contribution in [-0.2, 0) is 12.7 Å². The lowest BCUT2D eigenvalue weighted by atomic mass is 10.2. The highest BCUT2D eigenvalue weighted by atomic mass is 35.5. The number of halogens is 4. The second-order valence-electron chi connectivity index (χ2n) is 3.93. The highest BCUT2D eigenvalue weighted by Crippen LogP contribution is 2.33. The Balaban J connectivity index is 2.09. The van der Waals surface area contributed by atoms with Crippen molar-refractivity contribution in [3.8, 4) is 0 Å². The largest absolute Gasteiger partial charge is 0.416 e. The fourth-order valence-corrected chi connectivity index (χ4v) is 2.45. The number of aromatic nitrogens is 1. The Morgan fingerprint density at radius 2 is 2.11 bits per heavy atom. The standard InChI is InChI=1S/C12H10ClF3N2S/c1-7-6-19-11(18-7)5-17-10-3-2-8(4-9(10)13)12(14,15)16/h2-4,6,17H,5H2,1H3. The molecule has 2 rings (SSSR count). The van der Waals surface area contributed by atoms with Crippen molar-refractivity contribution in [1.82, 2.24) is 4.98 Å². The molecule has 0 aliphatic carbocycles. The van der Waals surface area contributed by atoms with Gasteiger partial charge >= 0.3 is 6.18 Å². The van der Waals surface area contributed by atoms with Gasteiger partial charge in [-0.05, 0) is 25.1 Å². The van der Waals surface area contributed by atoms with Crippen LogP contribution in [0.3, 0.4) is 0 Å². The van der Waals surface area contributed by atoms with Crippen LogP contribution in [0.25, 0.3) is 0 Å². The Morgan fingerprint density at radius 3 is 2.63 bits per heavy atom. The quantitative estimate of drug-likeness (QED) is 0.886. The van der Waals surface area contributed by atoms with Gasteiger partial charge in [0.15, 0.2) is 0 Å². The minimum Gasteiger partial charge on any atom is -0.377 e. The van der Waals surface area contributed by atoms with E-state index >= 15 is 0 Å². The maximum Gasteiger partial charge on any atom is 0.416 e. The third-order valence-electron chi connectivity index (χ3n) is 2.39. The molecule has 0 aliphatic rings. The lowest BCUT2D eigenvalue weighted by Crippen LogP contribution is -2.06. The highest BCUT2D eigenvalue weighted by Gasteiger charge is 2.30. The summed E-state index contributed by atoms with van der Waals surface area (Å²) in [5.41, 5.74) is 0.621. The zero-order valence-corrected chi connectivity index (χ0v) is 11.5. The lowest BCUT2D eigenvalue weighted by molar-refractivity contribution is -0.137. The lowest BCUT2D eigenvalue weighted by Gasteiger charge is -2.11. The fourth-order valence-electron chi connectivity index (χ4n) is 1.49. The van der Waals surface area contributed by atoms with Gasteiger partial charge in [0.1, 0.15) is 5.01 Å². The molecule has 19 heavy (non-hydrogen) atoms. The van der Waals surface area contributed by atoms with Crippen LogP contribution in [0.4, 0.5) is 18.9 Å². The van der Waals surface area contributed by atoms with E-state index in [4.69, 9.17) is 11.6 Å². The molecular formula is C12H10ClF3N2S. The topological polar surface area (TPSA) is 24.9 Å². The van der Waals surface area contributed by atoms with Gasteiger partial charge in [-0.15, -0.1) is 11.3 Å². The molecule has 2 nitrogen and oxygen atoms in total. The molecule has 0 unspecified atom stereocenters. The molecular weight excluding hydrogens is 297 g/mol. The van der Waals surface area contributed by atoms with Gasteiger partial charge < -0.3 is 5.32 Å². The Hall–Kier alpha value is -1.27. The first-order valence-corrected chi connectivity index (χ1v) is 6.63. The van der Waals surface area contributed by atoms with Crippen molar-refractivity contribution in [3.05, 3.63) is 44.9 Å². The van der Waals surface area contributed by atoms with E-state index in [2.05, 4.69) is 10.3 Å². The first-order chi connectivity index (χ1) is 8.86. The molecule has 0 amide bonds. The van der Waals surface area contributed by atoms with Crippen LogP contribution in [0.1, 0.15) is 16.3 Å². The van der Waals surface area contributed by atoms with Crippen molar-refractivity contribution in [2.24, 2.45) is 0 Å². The van der Waals surface area contributed by atoms with Crippen LogP contribution < -0.4 is 5.32 Å². The van der Waals surface area contributed by atoms with E-state index in [1.807, 2.05) is 12.3 Å². The molecule has 0 atom stereocenters. The van der Waals surface area contributed by atoms with Gasteiger partial charge in [0.2, 0.25) is 0 Å². The predicted octanol–water partition coefficient (Wildman–Crippen LogP) is 4.74. The monoisotopic (exact) mass is 306 g/mol. The summed E-state index contributed by atoms with van der Waals surface area (Å²) in [6, 6.07) is 3.24. The maximum atomic E-state index is 12.5. The van der Waals surface area contributed by atoms with Gasteiger partial charge in [-0.1, -0.05) is 11.6 Å². The van der Waals surface area contributed by atoms with E-state index in [0.29, 0.717) is 12.2 Å². The summed E-state index contributed by atoms with van der Waals surface area (Å²) in [5.74, 6) is 0. The summed E-state index contributed by atoms with van der Waals surface area (Å²) in [4.78, 5) is 4.25. The number of anilines is 1. The van der Waals surface area contributed by atoms with E-state index in [-0.39, 0.29) is 5.02 Å². The molecule has 0 spiro atoms. The molecule has 102 valence electrons. The van der Waals surface area contributed by atoms with Crippen LogP contribution in [0.2, 0.25) is 5.02 Å². The van der Waals surface area contributed by atoms with Crippen LogP contribution in [0.5, 0.6) is 0 Å². The number of alkyl halides is 3. The molecule has 0 saturated carbocycles. The van der Waals surface area contributed by atoms with Crippen LogP contribution >= 0.6 is 22.9 Å². The molecule has 1 aromatic carbocycles. The SMILES string of the molecule is Cc1csc(CNc2ccc(C(F)(F)F)cc2Cl)n1. The molecule has 1 heterocycles. The molecule has 2 aromatic rings. The second kappa shape index (κ2) is 5.38. The van der Waals surface area contributed by atoms with Gasteiger partial charge in [0.05, 0.1) is 22.8 Å². The third-order valence-corrected chi connectivity index (χ3v) is 3.67. The Labute approximate surface area is 117 Å². The number of hydrogen-bond acceptors (Lipinski definition) is 3. The number of rotatable bonds is 3. The van der Waals surface area contributed by atoms with Crippen molar-refractivity contribution in [1.29, 1.82) is 0 Å². The van der Waals surface area contributed by atoms with Crippen molar-refractivity contribution >= 4 is 28.6 Å². The molecule has 0 radical (unpaired) electrons. The first-order valence-electron chi connectivity index (χ1n) is 5.38. The van der Waals surface area contributed by atoms with Crippen LogP contribution in [0.15, 0.2) is 23.6 Å². The molecule has 0 fully saturated rings. The molecule has 0 saturated heterocycles. The number of nitrogens with zero attached hydrogens (tertiary/aromatic N) is 1.